The van der Waals surface area contributed by atoms with Crippen molar-refractivity contribution in [1.82, 2.24) is 14.4 Å². The van der Waals surface area contributed by atoms with Crippen LogP contribution in [0.2, 0.25) is 0 Å². The average Bonchev–Trinajstić information content (AvgIpc) is 2.54. The molecule has 3 rings (SSSR count). The molecule has 2 heterocycles. The summed E-state index contributed by atoms with van der Waals surface area (Å²) >= 11 is 2.17. The van der Waals surface area contributed by atoms with Crippen LogP contribution in [0.15, 0.2) is 12.4 Å². The molecule has 6 heteroatoms. The van der Waals surface area contributed by atoms with Gasteiger partial charge in [0.25, 0.3) is 0 Å². The van der Waals surface area contributed by atoms with Crippen molar-refractivity contribution in [2.24, 2.45) is 0 Å². The molecule has 0 spiro atoms. The molecule has 90 valence electrons. The summed E-state index contributed by atoms with van der Waals surface area (Å²) in [6.07, 6.45) is 5.07. The van der Waals surface area contributed by atoms with Gasteiger partial charge >= 0.3 is 0 Å². The van der Waals surface area contributed by atoms with Crippen LogP contribution in [0, 0.1) is 3.70 Å². The number of rotatable bonds is 1. The second-order valence-corrected chi connectivity index (χ2v) is 5.92. The van der Waals surface area contributed by atoms with E-state index < -0.39 is 5.60 Å². The first-order valence-corrected chi connectivity index (χ1v) is 6.56. The minimum Gasteiger partial charge on any atom is -0.390 e. The minimum atomic E-state index is -0.541. The molecular weight excluding hydrogens is 331 g/mol. The fourth-order valence-corrected chi connectivity index (χ4v) is 3.30. The van der Waals surface area contributed by atoms with Crippen LogP contribution in [0.5, 0.6) is 0 Å². The highest BCUT2D eigenvalue weighted by Gasteiger charge is 2.41. The summed E-state index contributed by atoms with van der Waals surface area (Å²) in [5.74, 6) is 1.79. The van der Waals surface area contributed by atoms with E-state index in [0.717, 1.165) is 27.9 Å². The largest absolute Gasteiger partial charge is 0.390 e. The normalized spacial score (nSPS) is 28.3. The number of imidazole rings is 1. The summed E-state index contributed by atoms with van der Waals surface area (Å²) in [4.78, 5) is 8.63. The van der Waals surface area contributed by atoms with Crippen LogP contribution < -0.4 is 5.73 Å². The van der Waals surface area contributed by atoms with Gasteiger partial charge in [-0.25, -0.2) is 9.97 Å². The van der Waals surface area contributed by atoms with E-state index in [4.69, 9.17) is 5.73 Å². The van der Waals surface area contributed by atoms with Crippen molar-refractivity contribution in [3.8, 4) is 0 Å². The Morgan fingerprint density at radius 3 is 2.94 bits per heavy atom. The molecular formula is C11H13IN4O. The van der Waals surface area contributed by atoms with Crippen molar-refractivity contribution in [2.75, 3.05) is 5.73 Å². The maximum absolute atomic E-state index is 9.80. The van der Waals surface area contributed by atoms with Crippen molar-refractivity contribution < 1.29 is 5.11 Å². The number of fused-ring (bicyclic) bond motifs is 1. The molecule has 2 aromatic rings. The minimum absolute atomic E-state index is 0.308. The van der Waals surface area contributed by atoms with E-state index in [2.05, 4.69) is 32.6 Å². The second-order valence-electron chi connectivity index (χ2n) is 4.89. The second kappa shape index (κ2) is 3.55. The maximum Gasteiger partial charge on any atom is 0.150 e. The molecule has 0 aromatic carbocycles. The number of aromatic nitrogens is 3. The molecule has 3 N–H and O–H groups in total. The Kier molecular flexibility index (Phi) is 2.34. The molecule has 1 saturated carbocycles. The summed E-state index contributed by atoms with van der Waals surface area (Å²) in [5, 5.41) is 9.80. The number of nitrogens with zero attached hydrogens (tertiary/aromatic N) is 3. The van der Waals surface area contributed by atoms with Crippen LogP contribution in [-0.2, 0) is 0 Å². The molecule has 0 radical (unpaired) electrons. The van der Waals surface area contributed by atoms with Gasteiger partial charge in [0.1, 0.15) is 15.0 Å². The van der Waals surface area contributed by atoms with E-state index in [1.165, 1.54) is 0 Å². The van der Waals surface area contributed by atoms with Gasteiger partial charge < -0.3 is 10.8 Å². The number of nitrogen functional groups attached to an aromatic ring is 1. The van der Waals surface area contributed by atoms with Gasteiger partial charge in [0.05, 0.1) is 5.60 Å². The van der Waals surface area contributed by atoms with Gasteiger partial charge in [0.15, 0.2) is 5.82 Å². The summed E-state index contributed by atoms with van der Waals surface area (Å²) in [6.45, 7) is 1.86. The lowest BCUT2D eigenvalue weighted by Crippen LogP contribution is -2.40. The maximum atomic E-state index is 9.80. The summed E-state index contributed by atoms with van der Waals surface area (Å²) in [5.41, 5.74) is 6.19. The van der Waals surface area contributed by atoms with Gasteiger partial charge in [-0.2, -0.15) is 0 Å². The number of anilines is 1. The van der Waals surface area contributed by atoms with E-state index in [0.29, 0.717) is 11.7 Å². The lowest BCUT2D eigenvalue weighted by Gasteiger charge is -2.40. The van der Waals surface area contributed by atoms with Crippen LogP contribution in [0.4, 0.5) is 5.82 Å². The molecule has 1 aliphatic carbocycles. The van der Waals surface area contributed by atoms with Crippen molar-refractivity contribution in [3.63, 3.8) is 0 Å². The molecule has 0 bridgehead atoms. The number of nitrogens with two attached hydrogens (primary N) is 1. The summed E-state index contributed by atoms with van der Waals surface area (Å²) < 4.78 is 2.86. The van der Waals surface area contributed by atoms with Crippen LogP contribution >= 0.6 is 22.6 Å². The molecule has 1 fully saturated rings. The topological polar surface area (TPSA) is 76.4 Å². The van der Waals surface area contributed by atoms with Crippen LogP contribution in [0.3, 0.4) is 0 Å². The predicted molar refractivity (Wildman–Crippen MR) is 72.7 cm³/mol. The Balaban J connectivity index is 2.10. The van der Waals surface area contributed by atoms with E-state index in [-0.39, 0.29) is 0 Å². The first kappa shape index (κ1) is 11.2. The zero-order chi connectivity index (χ0) is 12.2. The highest BCUT2D eigenvalue weighted by atomic mass is 127. The molecule has 0 unspecified atom stereocenters. The summed E-state index contributed by atoms with van der Waals surface area (Å²) in [6, 6.07) is 0. The van der Waals surface area contributed by atoms with E-state index in [1.54, 1.807) is 6.20 Å². The Hall–Kier alpha value is -0.890. The molecule has 17 heavy (non-hydrogen) atoms. The average molecular weight is 344 g/mol. The SMILES string of the molecule is CC1(O)CC(c2nc(I)c3c(N)nccn23)C1. The third-order valence-corrected chi connectivity index (χ3v) is 4.06. The number of halogens is 1. The zero-order valence-corrected chi connectivity index (χ0v) is 11.5. The van der Waals surface area contributed by atoms with Crippen molar-refractivity contribution >= 4 is 33.9 Å². The lowest BCUT2D eigenvalue weighted by molar-refractivity contribution is -0.0335. The molecule has 0 saturated heterocycles. The lowest BCUT2D eigenvalue weighted by atomic mass is 9.72. The third-order valence-electron chi connectivity index (χ3n) is 3.31. The Bertz CT molecular complexity index is 584. The predicted octanol–water partition coefficient (Wildman–Crippen LogP) is 1.54. The van der Waals surface area contributed by atoms with E-state index >= 15 is 0 Å². The van der Waals surface area contributed by atoms with E-state index in [9.17, 15) is 5.11 Å². The van der Waals surface area contributed by atoms with Crippen LogP contribution in [0.25, 0.3) is 5.52 Å². The molecule has 0 amide bonds. The molecule has 2 aromatic heterocycles. The molecule has 0 atom stereocenters. The van der Waals surface area contributed by atoms with Gasteiger partial charge in [-0.3, -0.25) is 4.40 Å². The fourth-order valence-electron chi connectivity index (χ4n) is 2.52. The Labute approximate surface area is 112 Å². The Morgan fingerprint density at radius 1 is 1.59 bits per heavy atom. The molecule has 1 aliphatic rings. The quantitative estimate of drug-likeness (QED) is 0.770. The van der Waals surface area contributed by atoms with Gasteiger partial charge in [-0.05, 0) is 42.4 Å². The van der Waals surface area contributed by atoms with Crippen molar-refractivity contribution in [2.45, 2.75) is 31.3 Å². The number of aliphatic hydroxyl groups is 1. The molecule has 5 nitrogen and oxygen atoms in total. The summed E-state index contributed by atoms with van der Waals surface area (Å²) in [7, 11) is 0. The first-order valence-electron chi connectivity index (χ1n) is 5.48. The Morgan fingerprint density at radius 2 is 2.29 bits per heavy atom. The number of hydrogen-bond acceptors (Lipinski definition) is 4. The van der Waals surface area contributed by atoms with Gasteiger partial charge in [-0.15, -0.1) is 0 Å². The van der Waals surface area contributed by atoms with E-state index in [1.807, 2.05) is 17.5 Å². The van der Waals surface area contributed by atoms with Gasteiger partial charge in [0.2, 0.25) is 0 Å². The van der Waals surface area contributed by atoms with Crippen LogP contribution in [-0.4, -0.2) is 25.1 Å². The van der Waals surface area contributed by atoms with Crippen molar-refractivity contribution in [1.29, 1.82) is 0 Å². The highest BCUT2D eigenvalue weighted by molar-refractivity contribution is 14.1. The standard InChI is InChI=1S/C11H13IN4O/c1-11(17)4-6(5-11)10-15-8(12)7-9(13)14-2-3-16(7)10/h2-3,6,17H,4-5H2,1H3,(H2,13,14). The third kappa shape index (κ3) is 1.70. The smallest absolute Gasteiger partial charge is 0.150 e. The first-order chi connectivity index (χ1) is 7.98. The fraction of sp³-hybridized carbons (Fsp3) is 0.455. The molecule has 0 aliphatic heterocycles. The zero-order valence-electron chi connectivity index (χ0n) is 9.39. The highest BCUT2D eigenvalue weighted by Crippen LogP contribution is 2.44. The monoisotopic (exact) mass is 344 g/mol. The van der Waals surface area contributed by atoms with Crippen molar-refractivity contribution in [3.05, 3.63) is 21.9 Å². The van der Waals surface area contributed by atoms with Crippen LogP contribution in [0.1, 0.15) is 31.5 Å². The number of hydrogen-bond donors (Lipinski definition) is 2. The van der Waals surface area contributed by atoms with Gasteiger partial charge in [0, 0.05) is 18.3 Å². The van der Waals surface area contributed by atoms with Gasteiger partial charge in [-0.1, -0.05) is 0 Å².